The van der Waals surface area contributed by atoms with Gasteiger partial charge in [-0.3, -0.25) is 0 Å². The van der Waals surface area contributed by atoms with Crippen molar-refractivity contribution in [1.82, 2.24) is 5.32 Å². The monoisotopic (exact) mass is 311 g/mol. The number of phenolic OH excluding ortho intramolecular Hbond substituents is 1. The highest BCUT2D eigenvalue weighted by Gasteiger charge is 2.03. The number of benzene rings is 1. The molecule has 0 bridgehead atoms. The highest BCUT2D eigenvalue weighted by Crippen LogP contribution is 2.22. The molecule has 2 aromatic rings. The second kappa shape index (κ2) is 5.67. The molecule has 0 aliphatic rings. The summed E-state index contributed by atoms with van der Waals surface area (Å²) in [6, 6.07) is 7.93. The number of hydrogen-bond donors (Lipinski definition) is 2. The van der Waals surface area contributed by atoms with Crippen molar-refractivity contribution in [2.24, 2.45) is 0 Å². The second-order valence-corrected chi connectivity index (χ2v) is 5.83. The lowest BCUT2D eigenvalue weighted by molar-refractivity contribution is 0.460. The molecule has 17 heavy (non-hydrogen) atoms. The molecule has 0 aliphatic carbocycles. The number of aryl methyl sites for hydroxylation is 1. The zero-order valence-corrected chi connectivity index (χ0v) is 11.9. The van der Waals surface area contributed by atoms with E-state index in [1.54, 1.807) is 11.3 Å². The van der Waals surface area contributed by atoms with Crippen LogP contribution in [0.15, 0.2) is 34.1 Å². The first-order chi connectivity index (χ1) is 8.16. The van der Waals surface area contributed by atoms with E-state index >= 15 is 0 Å². The maximum atomic E-state index is 9.85. The summed E-state index contributed by atoms with van der Waals surface area (Å²) in [5.41, 5.74) is 1.86. The molecule has 0 unspecified atom stereocenters. The Bertz CT molecular complexity index is 510. The summed E-state index contributed by atoms with van der Waals surface area (Å²) >= 11 is 5.15. The lowest BCUT2D eigenvalue weighted by Crippen LogP contribution is -2.11. The molecule has 0 amide bonds. The Morgan fingerprint density at radius 1 is 1.35 bits per heavy atom. The van der Waals surface area contributed by atoms with E-state index in [-0.39, 0.29) is 0 Å². The van der Waals surface area contributed by atoms with Crippen LogP contribution in [0.2, 0.25) is 0 Å². The smallest absolute Gasteiger partial charge is 0.122 e. The van der Waals surface area contributed by atoms with E-state index in [0.717, 1.165) is 22.1 Å². The van der Waals surface area contributed by atoms with Crippen molar-refractivity contribution >= 4 is 27.3 Å². The van der Waals surface area contributed by atoms with E-state index in [1.807, 2.05) is 25.1 Å². The molecule has 0 radical (unpaired) electrons. The Morgan fingerprint density at radius 2 is 2.18 bits per heavy atom. The quantitative estimate of drug-likeness (QED) is 0.899. The number of thiophene rings is 1. The number of nitrogens with one attached hydrogen (secondary N) is 1. The first-order valence-corrected chi connectivity index (χ1v) is 7.05. The molecule has 2 N–H and O–H groups in total. The number of hydrogen-bond acceptors (Lipinski definition) is 3. The number of halogens is 1. The Balaban J connectivity index is 1.92. The van der Waals surface area contributed by atoms with E-state index in [1.165, 1.54) is 4.88 Å². The summed E-state index contributed by atoms with van der Waals surface area (Å²) in [4.78, 5) is 1.28. The fourth-order valence-electron chi connectivity index (χ4n) is 1.63. The molecule has 0 saturated heterocycles. The van der Waals surface area contributed by atoms with E-state index < -0.39 is 0 Å². The molecule has 0 spiro atoms. The van der Waals surface area contributed by atoms with Crippen molar-refractivity contribution in [3.05, 3.63) is 50.1 Å². The average Bonchev–Trinajstić information content (AvgIpc) is 2.70. The van der Waals surface area contributed by atoms with Crippen LogP contribution in [0.1, 0.15) is 16.0 Å². The lowest BCUT2D eigenvalue weighted by atomic mass is 10.1. The maximum Gasteiger partial charge on any atom is 0.122 e. The number of phenols is 1. The predicted octanol–water partition coefficient (Wildman–Crippen LogP) is 3.81. The fraction of sp³-hybridized carbons (Fsp3) is 0.231. The molecule has 1 aromatic carbocycles. The van der Waals surface area contributed by atoms with E-state index in [0.29, 0.717) is 12.3 Å². The topological polar surface area (TPSA) is 32.3 Å². The van der Waals surface area contributed by atoms with Crippen molar-refractivity contribution in [2.75, 3.05) is 0 Å². The van der Waals surface area contributed by atoms with Crippen molar-refractivity contribution in [3.8, 4) is 5.75 Å². The summed E-state index contributed by atoms with van der Waals surface area (Å²) in [5.74, 6) is 0.396. The van der Waals surface area contributed by atoms with Gasteiger partial charge in [-0.15, -0.1) is 11.3 Å². The van der Waals surface area contributed by atoms with Gasteiger partial charge in [-0.2, -0.15) is 0 Å². The first-order valence-electron chi connectivity index (χ1n) is 5.38. The van der Waals surface area contributed by atoms with Crippen LogP contribution in [0.4, 0.5) is 0 Å². The molecule has 0 fully saturated rings. The molecule has 2 nitrogen and oxygen atoms in total. The van der Waals surface area contributed by atoms with Gasteiger partial charge < -0.3 is 10.4 Å². The molecule has 2 rings (SSSR count). The third-order valence-corrected chi connectivity index (χ3v) is 4.26. The third-order valence-electron chi connectivity index (χ3n) is 2.56. The van der Waals surface area contributed by atoms with Gasteiger partial charge in [0.05, 0.1) is 0 Å². The van der Waals surface area contributed by atoms with E-state index in [2.05, 4.69) is 32.7 Å². The minimum absolute atomic E-state index is 0.396. The molecule has 4 heteroatoms. The summed E-state index contributed by atoms with van der Waals surface area (Å²) in [7, 11) is 0. The van der Waals surface area contributed by atoms with Crippen LogP contribution in [0, 0.1) is 6.92 Å². The standard InChI is InChI=1S/C13H14BrNOS/c1-9-3-2-4-10(13(9)16)6-15-7-12-5-11(14)8-17-12/h2-5,8,15-16H,6-7H2,1H3. The van der Waals surface area contributed by atoms with Crippen LogP contribution < -0.4 is 5.32 Å². The van der Waals surface area contributed by atoms with Gasteiger partial charge in [-0.05, 0) is 34.5 Å². The van der Waals surface area contributed by atoms with Crippen LogP contribution in [0.3, 0.4) is 0 Å². The Hall–Kier alpha value is -0.840. The van der Waals surface area contributed by atoms with Gasteiger partial charge in [0, 0.05) is 33.4 Å². The van der Waals surface area contributed by atoms with Crippen LogP contribution in [-0.2, 0) is 13.1 Å². The van der Waals surface area contributed by atoms with Crippen molar-refractivity contribution in [2.45, 2.75) is 20.0 Å². The largest absolute Gasteiger partial charge is 0.507 e. The molecular weight excluding hydrogens is 298 g/mol. The zero-order chi connectivity index (χ0) is 12.3. The fourth-order valence-corrected chi connectivity index (χ4v) is 3.05. The Morgan fingerprint density at radius 3 is 2.88 bits per heavy atom. The van der Waals surface area contributed by atoms with Gasteiger partial charge in [0.25, 0.3) is 0 Å². The number of rotatable bonds is 4. The maximum absolute atomic E-state index is 9.85. The van der Waals surface area contributed by atoms with Crippen molar-refractivity contribution < 1.29 is 5.11 Å². The average molecular weight is 312 g/mol. The number of aromatic hydroxyl groups is 1. The Labute approximate surface area is 113 Å². The van der Waals surface area contributed by atoms with Crippen molar-refractivity contribution in [1.29, 1.82) is 0 Å². The molecule has 1 aromatic heterocycles. The first kappa shape index (κ1) is 12.6. The Kier molecular flexibility index (Phi) is 4.20. The van der Waals surface area contributed by atoms with Gasteiger partial charge in [-0.1, -0.05) is 18.2 Å². The van der Waals surface area contributed by atoms with Crippen LogP contribution in [0.25, 0.3) is 0 Å². The summed E-state index contributed by atoms with van der Waals surface area (Å²) in [5, 5.41) is 15.3. The normalized spacial score (nSPS) is 10.7. The van der Waals surface area contributed by atoms with Gasteiger partial charge in [-0.25, -0.2) is 0 Å². The van der Waals surface area contributed by atoms with Crippen molar-refractivity contribution in [3.63, 3.8) is 0 Å². The molecule has 90 valence electrons. The van der Waals surface area contributed by atoms with Gasteiger partial charge >= 0.3 is 0 Å². The number of para-hydroxylation sites is 1. The summed E-state index contributed by atoms with van der Waals surface area (Å²) in [6.07, 6.45) is 0. The third kappa shape index (κ3) is 3.31. The lowest BCUT2D eigenvalue weighted by Gasteiger charge is -2.07. The summed E-state index contributed by atoms with van der Waals surface area (Å²) < 4.78 is 1.12. The van der Waals surface area contributed by atoms with Gasteiger partial charge in [0.15, 0.2) is 0 Å². The van der Waals surface area contributed by atoms with Crippen LogP contribution >= 0.6 is 27.3 Å². The van der Waals surface area contributed by atoms with Crippen LogP contribution in [-0.4, -0.2) is 5.11 Å². The van der Waals surface area contributed by atoms with Crippen LogP contribution in [0.5, 0.6) is 5.75 Å². The van der Waals surface area contributed by atoms with Gasteiger partial charge in [0.2, 0.25) is 0 Å². The summed E-state index contributed by atoms with van der Waals surface area (Å²) in [6.45, 7) is 3.42. The highest BCUT2D eigenvalue weighted by molar-refractivity contribution is 9.10. The highest BCUT2D eigenvalue weighted by atomic mass is 79.9. The molecule has 1 heterocycles. The molecular formula is C13H14BrNOS. The second-order valence-electron chi connectivity index (χ2n) is 3.92. The molecule has 0 saturated carbocycles. The zero-order valence-electron chi connectivity index (χ0n) is 9.53. The minimum Gasteiger partial charge on any atom is -0.507 e. The molecule has 0 atom stereocenters. The minimum atomic E-state index is 0.396. The SMILES string of the molecule is Cc1cccc(CNCc2cc(Br)cs2)c1O. The van der Waals surface area contributed by atoms with Gasteiger partial charge in [0.1, 0.15) is 5.75 Å². The predicted molar refractivity (Wildman–Crippen MR) is 75.4 cm³/mol. The molecule has 0 aliphatic heterocycles. The van der Waals surface area contributed by atoms with E-state index in [9.17, 15) is 5.11 Å². The van der Waals surface area contributed by atoms with E-state index in [4.69, 9.17) is 0 Å².